The van der Waals surface area contributed by atoms with Gasteiger partial charge in [0.2, 0.25) is 0 Å². The van der Waals surface area contributed by atoms with Crippen molar-refractivity contribution >= 4 is 11.8 Å². The summed E-state index contributed by atoms with van der Waals surface area (Å²) in [7, 11) is 5.44. The molecule has 3 rings (SSSR count). The number of aliphatic imine (C=N–C) groups is 1. The fourth-order valence-electron chi connectivity index (χ4n) is 3.42. The van der Waals surface area contributed by atoms with Crippen LogP contribution in [0.2, 0.25) is 0 Å². The molecule has 2 heterocycles. The Balaban J connectivity index is 1.58. The third kappa shape index (κ3) is 6.49. The number of nitrogens with zero attached hydrogens (tertiary/aromatic N) is 4. The third-order valence-corrected chi connectivity index (χ3v) is 5.31. The number of ether oxygens (including phenoxy) is 2. The molecule has 1 fully saturated rings. The number of guanidine groups is 1. The van der Waals surface area contributed by atoms with Crippen molar-refractivity contribution in [1.82, 2.24) is 20.5 Å². The number of hydrogen-bond donors (Lipinski definition) is 2. The van der Waals surface area contributed by atoms with Gasteiger partial charge in [0.05, 0.1) is 20.8 Å². The average Bonchev–Trinajstić information content (AvgIpc) is 2.81. The van der Waals surface area contributed by atoms with E-state index in [-0.39, 0.29) is 0 Å². The van der Waals surface area contributed by atoms with Gasteiger partial charge >= 0.3 is 0 Å². The van der Waals surface area contributed by atoms with Gasteiger partial charge < -0.3 is 29.9 Å². The second-order valence-corrected chi connectivity index (χ2v) is 7.55. The first-order valence-corrected chi connectivity index (χ1v) is 10.7. The van der Waals surface area contributed by atoms with Crippen molar-refractivity contribution in [1.29, 1.82) is 0 Å². The summed E-state index contributed by atoms with van der Waals surface area (Å²) in [5.41, 5.74) is 2.17. The first-order chi connectivity index (χ1) is 15.1. The number of methoxy groups -OCH3 is 2. The number of hydrogen-bond acceptors (Lipinski definition) is 6. The lowest BCUT2D eigenvalue weighted by Gasteiger charge is -2.33. The monoisotopic (exact) mass is 426 g/mol. The highest BCUT2D eigenvalue weighted by Gasteiger charge is 2.14. The minimum atomic E-state index is 0.567. The molecule has 2 aromatic rings. The van der Waals surface area contributed by atoms with Crippen LogP contribution in [0.3, 0.4) is 0 Å². The highest BCUT2D eigenvalue weighted by molar-refractivity contribution is 5.79. The van der Waals surface area contributed by atoms with E-state index in [1.54, 1.807) is 14.2 Å². The number of pyridine rings is 1. The number of anilines is 1. The van der Waals surface area contributed by atoms with Crippen LogP contribution in [0.5, 0.6) is 11.5 Å². The van der Waals surface area contributed by atoms with Crippen molar-refractivity contribution in [2.24, 2.45) is 4.99 Å². The van der Waals surface area contributed by atoms with Crippen LogP contribution < -0.4 is 25.0 Å². The number of aromatic nitrogens is 1. The van der Waals surface area contributed by atoms with Crippen LogP contribution in [0.15, 0.2) is 41.5 Å². The first-order valence-electron chi connectivity index (χ1n) is 10.7. The molecule has 8 nitrogen and oxygen atoms in total. The van der Waals surface area contributed by atoms with Crippen LogP contribution in [0.1, 0.15) is 18.1 Å². The molecule has 1 aromatic carbocycles. The van der Waals surface area contributed by atoms with E-state index >= 15 is 0 Å². The summed E-state index contributed by atoms with van der Waals surface area (Å²) in [6.45, 7) is 8.23. The molecule has 8 heteroatoms. The number of likely N-dealkylation sites (N-methyl/N-ethyl adjacent to an activating group) is 1. The number of piperazine rings is 1. The van der Waals surface area contributed by atoms with Crippen LogP contribution >= 0.6 is 0 Å². The van der Waals surface area contributed by atoms with Gasteiger partial charge in [0, 0.05) is 45.5 Å². The maximum atomic E-state index is 5.38. The Bertz CT molecular complexity index is 848. The molecule has 1 aliphatic heterocycles. The Labute approximate surface area is 185 Å². The third-order valence-electron chi connectivity index (χ3n) is 5.31. The van der Waals surface area contributed by atoms with Gasteiger partial charge in [-0.1, -0.05) is 12.1 Å². The van der Waals surface area contributed by atoms with E-state index in [9.17, 15) is 0 Å². The maximum absolute atomic E-state index is 5.38. The molecule has 1 aliphatic rings. The lowest BCUT2D eigenvalue weighted by atomic mass is 10.2. The van der Waals surface area contributed by atoms with Crippen LogP contribution in [0, 0.1) is 0 Å². The normalized spacial score (nSPS) is 15.0. The Morgan fingerprint density at radius 1 is 1.00 bits per heavy atom. The Kier molecular flexibility index (Phi) is 8.35. The van der Waals surface area contributed by atoms with Gasteiger partial charge in [-0.25, -0.2) is 9.98 Å². The van der Waals surface area contributed by atoms with Crippen molar-refractivity contribution in [3.8, 4) is 11.5 Å². The lowest BCUT2D eigenvalue weighted by molar-refractivity contribution is 0.312. The molecule has 0 radical (unpaired) electrons. The summed E-state index contributed by atoms with van der Waals surface area (Å²) in [5.74, 6) is 3.24. The number of rotatable bonds is 8. The maximum Gasteiger partial charge on any atom is 0.191 e. The van der Waals surface area contributed by atoms with Crippen molar-refractivity contribution in [2.75, 3.05) is 58.9 Å². The van der Waals surface area contributed by atoms with E-state index in [0.29, 0.717) is 13.1 Å². The van der Waals surface area contributed by atoms with E-state index in [2.05, 4.69) is 51.5 Å². The molecule has 0 spiro atoms. The summed E-state index contributed by atoms with van der Waals surface area (Å²) in [5, 5.41) is 6.66. The van der Waals surface area contributed by atoms with Crippen LogP contribution in [-0.2, 0) is 13.1 Å². The van der Waals surface area contributed by atoms with E-state index in [1.807, 2.05) is 24.4 Å². The quantitative estimate of drug-likeness (QED) is 0.495. The van der Waals surface area contributed by atoms with Gasteiger partial charge in [0.15, 0.2) is 17.5 Å². The minimum absolute atomic E-state index is 0.567. The van der Waals surface area contributed by atoms with E-state index in [1.165, 1.54) is 0 Å². The summed E-state index contributed by atoms with van der Waals surface area (Å²) >= 11 is 0. The number of nitrogens with one attached hydrogen (secondary N) is 2. The zero-order valence-electron chi connectivity index (χ0n) is 19.0. The molecule has 0 atom stereocenters. The molecule has 0 bridgehead atoms. The highest BCUT2D eigenvalue weighted by Crippen LogP contribution is 2.27. The lowest BCUT2D eigenvalue weighted by Crippen LogP contribution is -2.44. The van der Waals surface area contributed by atoms with Crippen molar-refractivity contribution in [2.45, 2.75) is 20.0 Å². The van der Waals surface area contributed by atoms with Crippen molar-refractivity contribution in [3.05, 3.63) is 47.7 Å². The van der Waals surface area contributed by atoms with Crippen LogP contribution in [0.4, 0.5) is 5.82 Å². The van der Waals surface area contributed by atoms with E-state index < -0.39 is 0 Å². The van der Waals surface area contributed by atoms with Gasteiger partial charge in [0.25, 0.3) is 0 Å². The van der Waals surface area contributed by atoms with Gasteiger partial charge in [-0.3, -0.25) is 0 Å². The standard InChI is InChI=1S/C23H34N6O2/c1-5-24-23(26-15-18-6-8-20(30-3)21(14-18)31-4)27-17-19-7-9-22(25-16-19)29-12-10-28(2)11-13-29/h6-9,14,16H,5,10-13,15,17H2,1-4H3,(H2,24,26,27). The smallest absolute Gasteiger partial charge is 0.191 e. The van der Waals surface area contributed by atoms with E-state index in [0.717, 1.165) is 67.1 Å². The topological polar surface area (TPSA) is 74.3 Å². The molecule has 1 saturated heterocycles. The predicted molar refractivity (Wildman–Crippen MR) is 125 cm³/mol. The van der Waals surface area contributed by atoms with Gasteiger partial charge in [-0.2, -0.15) is 0 Å². The second-order valence-electron chi connectivity index (χ2n) is 7.55. The summed E-state index contributed by atoms with van der Waals surface area (Å²) in [4.78, 5) is 14.0. The van der Waals surface area contributed by atoms with Gasteiger partial charge in [-0.05, 0) is 43.3 Å². The zero-order valence-corrected chi connectivity index (χ0v) is 19.0. The second kappa shape index (κ2) is 11.4. The molecular formula is C23H34N6O2. The zero-order chi connectivity index (χ0) is 22.1. The molecule has 1 aromatic heterocycles. The molecule has 0 aliphatic carbocycles. The SMILES string of the molecule is CCNC(=NCc1ccc(N2CCN(C)CC2)nc1)NCc1ccc(OC)c(OC)c1. The molecule has 2 N–H and O–H groups in total. The molecule has 0 saturated carbocycles. The van der Waals surface area contributed by atoms with Crippen molar-refractivity contribution in [3.63, 3.8) is 0 Å². The van der Waals surface area contributed by atoms with E-state index in [4.69, 9.17) is 14.5 Å². The van der Waals surface area contributed by atoms with Crippen LogP contribution in [-0.4, -0.2) is 69.8 Å². The molecular weight excluding hydrogens is 392 g/mol. The van der Waals surface area contributed by atoms with Crippen LogP contribution in [0.25, 0.3) is 0 Å². The molecule has 31 heavy (non-hydrogen) atoms. The Hall–Kier alpha value is -3.00. The van der Waals surface area contributed by atoms with Gasteiger partial charge in [0.1, 0.15) is 5.82 Å². The number of benzene rings is 1. The fraction of sp³-hybridized carbons (Fsp3) is 0.478. The summed E-state index contributed by atoms with van der Waals surface area (Å²) in [6, 6.07) is 10.1. The average molecular weight is 427 g/mol. The Morgan fingerprint density at radius 3 is 2.39 bits per heavy atom. The summed E-state index contributed by atoms with van der Waals surface area (Å²) in [6.07, 6.45) is 1.93. The largest absolute Gasteiger partial charge is 0.493 e. The van der Waals surface area contributed by atoms with Crippen molar-refractivity contribution < 1.29 is 9.47 Å². The Morgan fingerprint density at radius 2 is 1.74 bits per heavy atom. The minimum Gasteiger partial charge on any atom is -0.493 e. The fourth-order valence-corrected chi connectivity index (χ4v) is 3.42. The highest BCUT2D eigenvalue weighted by atomic mass is 16.5. The molecule has 0 unspecified atom stereocenters. The predicted octanol–water partition coefficient (Wildman–Crippen LogP) is 2.11. The first kappa shape index (κ1) is 22.7. The molecule has 0 amide bonds. The molecule has 168 valence electrons. The summed E-state index contributed by atoms with van der Waals surface area (Å²) < 4.78 is 10.7. The van der Waals surface area contributed by atoms with Gasteiger partial charge in [-0.15, -0.1) is 0 Å².